The first kappa shape index (κ1) is 24.5. The fourth-order valence-corrected chi connectivity index (χ4v) is 3.71. The van der Waals surface area contributed by atoms with Crippen molar-refractivity contribution in [3.05, 3.63) is 66.1 Å². The zero-order valence-corrected chi connectivity index (χ0v) is 19.4. The maximum Gasteiger partial charge on any atom is 0.573 e. The lowest BCUT2D eigenvalue weighted by Gasteiger charge is -2.46. The van der Waals surface area contributed by atoms with E-state index >= 15 is 0 Å². The summed E-state index contributed by atoms with van der Waals surface area (Å²) in [5.74, 6) is -0.0654. The number of amides is 1. The van der Waals surface area contributed by atoms with Crippen LogP contribution in [0.25, 0.3) is 11.1 Å². The number of hydrogen-bond acceptors (Lipinski definition) is 6. The number of nitrogens with zero attached hydrogens (tertiary/aromatic N) is 3. The maximum absolute atomic E-state index is 12.9. The van der Waals surface area contributed by atoms with Gasteiger partial charge in [0, 0.05) is 53.9 Å². The third kappa shape index (κ3) is 5.89. The highest BCUT2D eigenvalue weighted by Gasteiger charge is 2.39. The second kappa shape index (κ2) is 9.18. The lowest BCUT2D eigenvalue weighted by Crippen LogP contribution is -2.56. The van der Waals surface area contributed by atoms with Gasteiger partial charge in [-0.15, -0.1) is 13.2 Å². The molecule has 3 heterocycles. The lowest BCUT2D eigenvalue weighted by molar-refractivity contribution is -0.274. The number of halogens is 3. The van der Waals surface area contributed by atoms with Crippen LogP contribution >= 0.6 is 0 Å². The summed E-state index contributed by atoms with van der Waals surface area (Å²) in [7, 11) is 0. The molecule has 0 bridgehead atoms. The monoisotopic (exact) mass is 486 g/mol. The summed E-state index contributed by atoms with van der Waals surface area (Å²) in [5, 5.41) is 12.9. The molecule has 2 aromatic heterocycles. The highest BCUT2D eigenvalue weighted by Crippen LogP contribution is 2.36. The van der Waals surface area contributed by atoms with Crippen molar-refractivity contribution in [2.24, 2.45) is 5.92 Å². The molecule has 35 heavy (non-hydrogen) atoms. The van der Waals surface area contributed by atoms with Gasteiger partial charge in [-0.25, -0.2) is 4.98 Å². The van der Waals surface area contributed by atoms with Crippen LogP contribution in [0.5, 0.6) is 5.75 Å². The number of aromatic nitrogens is 2. The molecule has 2 N–H and O–H groups in total. The van der Waals surface area contributed by atoms with Gasteiger partial charge in [0.1, 0.15) is 11.6 Å². The number of carbonyl (C=O) groups is 1. The Morgan fingerprint density at radius 3 is 2.34 bits per heavy atom. The van der Waals surface area contributed by atoms with Crippen LogP contribution in [0, 0.1) is 12.8 Å². The molecule has 1 aromatic carbocycles. The predicted octanol–water partition coefficient (Wildman–Crippen LogP) is 4.81. The first-order valence-electron chi connectivity index (χ1n) is 11.0. The smallest absolute Gasteiger partial charge is 0.406 e. The Bertz CT molecular complexity index is 1200. The molecule has 1 amide bonds. The molecule has 0 aliphatic carbocycles. The quantitative estimate of drug-likeness (QED) is 0.520. The zero-order valence-electron chi connectivity index (χ0n) is 19.4. The third-order valence-corrected chi connectivity index (χ3v) is 5.88. The number of carbonyl (C=O) groups excluding carboxylic acids is 1. The summed E-state index contributed by atoms with van der Waals surface area (Å²) < 4.78 is 40.9. The number of ether oxygens (including phenoxy) is 1. The number of aryl methyl sites for hydroxylation is 1. The van der Waals surface area contributed by atoms with Gasteiger partial charge in [-0.2, -0.15) is 0 Å². The molecule has 0 atom stereocenters. The minimum atomic E-state index is -4.79. The van der Waals surface area contributed by atoms with E-state index in [2.05, 4.69) is 20.0 Å². The van der Waals surface area contributed by atoms with Gasteiger partial charge in [0.2, 0.25) is 0 Å². The van der Waals surface area contributed by atoms with Crippen molar-refractivity contribution in [1.82, 2.24) is 9.97 Å². The molecule has 0 spiro atoms. The van der Waals surface area contributed by atoms with Crippen LogP contribution in [0.2, 0.25) is 0 Å². The number of pyridine rings is 2. The summed E-state index contributed by atoms with van der Waals surface area (Å²) >= 11 is 0. The topological polar surface area (TPSA) is 87.6 Å². The summed E-state index contributed by atoms with van der Waals surface area (Å²) in [6, 6.07) is 10.4. The molecular weight excluding hydrogens is 461 g/mol. The maximum atomic E-state index is 12.9. The van der Waals surface area contributed by atoms with Crippen LogP contribution in [0.3, 0.4) is 0 Å². The number of hydrogen-bond donors (Lipinski definition) is 2. The highest BCUT2D eigenvalue weighted by atomic mass is 19.4. The van der Waals surface area contributed by atoms with E-state index in [1.54, 1.807) is 26.1 Å². The van der Waals surface area contributed by atoms with E-state index in [4.69, 9.17) is 0 Å². The molecule has 1 aliphatic heterocycles. The fourth-order valence-electron chi connectivity index (χ4n) is 3.71. The van der Waals surface area contributed by atoms with Gasteiger partial charge in [0.05, 0.1) is 11.2 Å². The van der Waals surface area contributed by atoms with Gasteiger partial charge in [-0.05, 0) is 57.2 Å². The molecule has 3 aromatic rings. The van der Waals surface area contributed by atoms with Crippen molar-refractivity contribution in [2.45, 2.75) is 32.7 Å². The van der Waals surface area contributed by atoms with Crippen molar-refractivity contribution in [2.75, 3.05) is 23.3 Å². The SMILES string of the molecule is Cc1ccc(-c2cc(C(=O)Nc3ccc(OC(F)(F)F)cc3)cnc2N2CC(C(C)(C)O)C2)cn1. The van der Waals surface area contributed by atoms with Crippen molar-refractivity contribution in [1.29, 1.82) is 0 Å². The van der Waals surface area contributed by atoms with Gasteiger partial charge in [0.25, 0.3) is 5.91 Å². The molecule has 10 heteroatoms. The fraction of sp³-hybridized carbons (Fsp3) is 0.320. The third-order valence-electron chi connectivity index (χ3n) is 5.88. The summed E-state index contributed by atoms with van der Waals surface area (Å²) in [4.78, 5) is 23.8. The number of rotatable bonds is 6. The molecule has 184 valence electrons. The van der Waals surface area contributed by atoms with E-state index < -0.39 is 17.9 Å². The van der Waals surface area contributed by atoms with Crippen molar-refractivity contribution >= 4 is 17.4 Å². The zero-order chi connectivity index (χ0) is 25.4. The number of benzene rings is 1. The summed E-state index contributed by atoms with van der Waals surface area (Å²) in [6.07, 6.45) is -1.62. The van der Waals surface area contributed by atoms with Gasteiger partial charge in [0.15, 0.2) is 0 Å². The van der Waals surface area contributed by atoms with Crippen molar-refractivity contribution < 1.29 is 27.8 Å². The van der Waals surface area contributed by atoms with Crippen LogP contribution < -0.4 is 15.0 Å². The van der Waals surface area contributed by atoms with Crippen LogP contribution in [0.4, 0.5) is 24.7 Å². The Hall–Kier alpha value is -3.66. The molecule has 0 radical (unpaired) electrons. The summed E-state index contributed by atoms with van der Waals surface area (Å²) in [5.41, 5.74) is 2.13. The second-order valence-electron chi connectivity index (χ2n) is 9.07. The Labute approximate surface area is 200 Å². The molecule has 0 saturated carbocycles. The average Bonchev–Trinajstić information content (AvgIpc) is 2.73. The predicted molar refractivity (Wildman–Crippen MR) is 125 cm³/mol. The van der Waals surface area contributed by atoms with Gasteiger partial charge >= 0.3 is 6.36 Å². The number of nitrogens with one attached hydrogen (secondary N) is 1. The van der Waals surface area contributed by atoms with Gasteiger partial charge in [-0.3, -0.25) is 9.78 Å². The molecule has 4 rings (SSSR count). The minimum Gasteiger partial charge on any atom is -0.406 e. The Morgan fingerprint density at radius 1 is 1.09 bits per heavy atom. The Kier molecular flexibility index (Phi) is 6.42. The minimum absolute atomic E-state index is 0.0977. The molecule has 1 aliphatic rings. The highest BCUT2D eigenvalue weighted by molar-refractivity contribution is 6.05. The van der Waals surface area contributed by atoms with E-state index in [0.717, 1.165) is 23.4 Å². The van der Waals surface area contributed by atoms with Crippen molar-refractivity contribution in [3.63, 3.8) is 0 Å². The molecule has 1 fully saturated rings. The Balaban J connectivity index is 1.57. The number of alkyl halides is 3. The lowest BCUT2D eigenvalue weighted by atomic mass is 9.84. The van der Waals surface area contributed by atoms with E-state index in [9.17, 15) is 23.1 Å². The van der Waals surface area contributed by atoms with Gasteiger partial charge in [-0.1, -0.05) is 6.07 Å². The first-order chi connectivity index (χ1) is 16.4. The van der Waals surface area contributed by atoms with Crippen LogP contribution in [-0.4, -0.2) is 46.0 Å². The summed E-state index contributed by atoms with van der Waals surface area (Å²) in [6.45, 7) is 6.69. The Morgan fingerprint density at radius 2 is 1.77 bits per heavy atom. The van der Waals surface area contributed by atoms with E-state index in [0.29, 0.717) is 30.2 Å². The molecular formula is C25H25F3N4O3. The number of aliphatic hydroxyl groups is 1. The van der Waals surface area contributed by atoms with E-state index in [1.165, 1.54) is 18.3 Å². The molecule has 7 nitrogen and oxygen atoms in total. The standard InChI is InChI=1S/C25H25F3N4O3/c1-15-4-5-16(11-29-15)21-10-17(12-30-22(21)32-13-18(14-32)24(2,3)34)23(33)31-19-6-8-20(9-7-19)35-25(26,27)28/h4-12,18,34H,13-14H2,1-3H3,(H,31,33). The first-order valence-corrected chi connectivity index (χ1v) is 11.0. The van der Waals surface area contributed by atoms with Crippen LogP contribution in [0.1, 0.15) is 29.9 Å². The number of anilines is 2. The normalized spacial score (nSPS) is 14.4. The average molecular weight is 486 g/mol. The van der Waals surface area contributed by atoms with Crippen molar-refractivity contribution in [3.8, 4) is 16.9 Å². The second-order valence-corrected chi connectivity index (χ2v) is 9.07. The van der Waals surface area contributed by atoms with E-state index in [-0.39, 0.29) is 17.2 Å². The largest absolute Gasteiger partial charge is 0.573 e. The molecule has 1 saturated heterocycles. The van der Waals surface area contributed by atoms with E-state index in [1.807, 2.05) is 24.0 Å². The van der Waals surface area contributed by atoms with Crippen LogP contribution in [-0.2, 0) is 0 Å². The van der Waals surface area contributed by atoms with Crippen LogP contribution in [0.15, 0.2) is 54.9 Å². The van der Waals surface area contributed by atoms with Gasteiger partial charge < -0.3 is 20.1 Å². The molecule has 0 unspecified atom stereocenters.